The van der Waals surface area contributed by atoms with Crippen molar-refractivity contribution < 1.29 is 9.90 Å². The molecule has 0 spiro atoms. The van der Waals surface area contributed by atoms with Crippen molar-refractivity contribution in [3.05, 3.63) is 35.5 Å². The van der Waals surface area contributed by atoms with Crippen LogP contribution in [-0.2, 0) is 0 Å². The lowest BCUT2D eigenvalue weighted by atomic mass is 9.99. The van der Waals surface area contributed by atoms with Crippen molar-refractivity contribution in [2.75, 3.05) is 0 Å². The van der Waals surface area contributed by atoms with Gasteiger partial charge in [-0.15, -0.1) is 0 Å². The molecule has 0 aliphatic carbocycles. The third kappa shape index (κ3) is 5.12. The fourth-order valence-electron chi connectivity index (χ4n) is 3.11. The van der Waals surface area contributed by atoms with E-state index in [0.29, 0.717) is 11.5 Å². The predicted octanol–water partition coefficient (Wildman–Crippen LogP) is 6.11. The number of nitrogens with one attached hydrogen (secondary N) is 1. The fraction of sp³-hybridized carbons (Fsp3) is 0.550. The molecule has 1 atom stereocenters. The van der Waals surface area contributed by atoms with Crippen LogP contribution in [0.15, 0.2) is 24.3 Å². The molecule has 1 heterocycles. The number of aromatic carboxylic acids is 1. The molecular formula is C20H29NO2. The summed E-state index contributed by atoms with van der Waals surface area (Å²) in [7, 11) is 0. The molecule has 126 valence electrons. The number of rotatable bonds is 10. The van der Waals surface area contributed by atoms with Gasteiger partial charge in [-0.25, -0.2) is 4.79 Å². The predicted molar refractivity (Wildman–Crippen MR) is 96.3 cm³/mol. The van der Waals surface area contributed by atoms with Gasteiger partial charge < -0.3 is 10.1 Å². The van der Waals surface area contributed by atoms with Crippen molar-refractivity contribution >= 4 is 16.9 Å². The molecule has 1 aromatic carbocycles. The van der Waals surface area contributed by atoms with E-state index in [1.54, 1.807) is 12.1 Å². The zero-order valence-corrected chi connectivity index (χ0v) is 14.4. The molecule has 0 fully saturated rings. The van der Waals surface area contributed by atoms with E-state index in [9.17, 15) is 4.79 Å². The Hall–Kier alpha value is -1.77. The molecule has 0 amide bonds. The van der Waals surface area contributed by atoms with Crippen LogP contribution < -0.4 is 0 Å². The molecule has 3 heteroatoms. The van der Waals surface area contributed by atoms with Crippen LogP contribution in [0.3, 0.4) is 0 Å². The minimum absolute atomic E-state index is 0.339. The molecule has 2 aromatic rings. The molecule has 2 rings (SSSR count). The van der Waals surface area contributed by atoms with Crippen LogP contribution in [0.5, 0.6) is 0 Å². The van der Waals surface area contributed by atoms with Gasteiger partial charge in [0, 0.05) is 11.2 Å². The average Bonchev–Trinajstić information content (AvgIpc) is 2.97. The number of unbranched alkanes of at least 4 members (excludes halogenated alkanes) is 6. The Morgan fingerprint density at radius 2 is 1.78 bits per heavy atom. The summed E-state index contributed by atoms with van der Waals surface area (Å²) in [5.74, 6) is -0.384. The van der Waals surface area contributed by atoms with E-state index in [2.05, 4.69) is 24.9 Å². The summed E-state index contributed by atoms with van der Waals surface area (Å²) in [6, 6.07) is 7.44. The number of fused-ring (bicyclic) bond motifs is 1. The minimum Gasteiger partial charge on any atom is -0.478 e. The molecule has 3 nitrogen and oxygen atoms in total. The van der Waals surface area contributed by atoms with Crippen LogP contribution in [0.4, 0.5) is 0 Å². The van der Waals surface area contributed by atoms with E-state index in [0.717, 1.165) is 10.9 Å². The third-order valence-electron chi connectivity index (χ3n) is 4.66. The Morgan fingerprint density at radius 1 is 1.09 bits per heavy atom. The number of hydrogen-bond acceptors (Lipinski definition) is 1. The minimum atomic E-state index is -0.876. The lowest BCUT2D eigenvalue weighted by Crippen LogP contribution is -1.95. The second kappa shape index (κ2) is 8.76. The number of hydrogen-bond donors (Lipinski definition) is 2. The number of aromatic amines is 1. The highest BCUT2D eigenvalue weighted by Crippen LogP contribution is 2.26. The second-order valence-corrected chi connectivity index (χ2v) is 6.64. The summed E-state index contributed by atoms with van der Waals surface area (Å²) in [5, 5.41) is 10.2. The molecular weight excluding hydrogens is 286 g/mol. The van der Waals surface area contributed by atoms with Crippen molar-refractivity contribution in [1.29, 1.82) is 0 Å². The van der Waals surface area contributed by atoms with E-state index < -0.39 is 5.97 Å². The van der Waals surface area contributed by atoms with Crippen LogP contribution in [0.1, 0.15) is 87.2 Å². The van der Waals surface area contributed by atoms with Crippen LogP contribution in [-0.4, -0.2) is 16.1 Å². The molecule has 23 heavy (non-hydrogen) atoms. The summed E-state index contributed by atoms with van der Waals surface area (Å²) >= 11 is 0. The Balaban J connectivity index is 1.83. The van der Waals surface area contributed by atoms with Gasteiger partial charge in [0.25, 0.3) is 0 Å². The van der Waals surface area contributed by atoms with Gasteiger partial charge in [-0.1, -0.05) is 64.9 Å². The van der Waals surface area contributed by atoms with Gasteiger partial charge in [0.1, 0.15) is 0 Å². The van der Waals surface area contributed by atoms with Crippen LogP contribution in [0.2, 0.25) is 0 Å². The smallest absolute Gasteiger partial charge is 0.335 e. The zero-order chi connectivity index (χ0) is 16.7. The first kappa shape index (κ1) is 17.6. The molecule has 0 saturated carbocycles. The van der Waals surface area contributed by atoms with Crippen molar-refractivity contribution in [3.63, 3.8) is 0 Å². The molecule has 1 aromatic heterocycles. The highest BCUT2D eigenvalue weighted by atomic mass is 16.4. The normalized spacial score (nSPS) is 12.6. The summed E-state index contributed by atoms with van der Waals surface area (Å²) in [4.78, 5) is 14.4. The Bertz CT molecular complexity index is 630. The van der Waals surface area contributed by atoms with Crippen molar-refractivity contribution in [2.45, 2.75) is 71.1 Å². The van der Waals surface area contributed by atoms with Gasteiger partial charge in [0.15, 0.2) is 0 Å². The maximum Gasteiger partial charge on any atom is 0.335 e. The summed E-state index contributed by atoms with van der Waals surface area (Å²) in [6.07, 6.45) is 10.5. The lowest BCUT2D eigenvalue weighted by molar-refractivity contribution is 0.0697. The largest absolute Gasteiger partial charge is 0.478 e. The monoisotopic (exact) mass is 315 g/mol. The van der Waals surface area contributed by atoms with Gasteiger partial charge in [0.2, 0.25) is 0 Å². The van der Waals surface area contributed by atoms with Gasteiger partial charge in [-0.2, -0.15) is 0 Å². The van der Waals surface area contributed by atoms with Crippen LogP contribution in [0, 0.1) is 0 Å². The number of H-pyrrole nitrogens is 1. The molecule has 0 saturated heterocycles. The Kier molecular flexibility index (Phi) is 6.69. The first-order valence-corrected chi connectivity index (χ1v) is 8.97. The first-order chi connectivity index (χ1) is 11.1. The summed E-state index contributed by atoms with van der Waals surface area (Å²) in [5.41, 5.74) is 2.48. The standard InChI is InChI=1S/C20H29NO2/c1-3-4-5-6-7-8-9-10-15(2)18-13-16-11-12-17(20(22)23)14-19(16)21-18/h11-15,21H,3-10H2,1-2H3,(H,22,23). The van der Waals surface area contributed by atoms with Crippen molar-refractivity contribution in [3.8, 4) is 0 Å². The molecule has 0 aliphatic rings. The van der Waals surface area contributed by atoms with Gasteiger partial charge in [-0.3, -0.25) is 0 Å². The van der Waals surface area contributed by atoms with E-state index >= 15 is 0 Å². The van der Waals surface area contributed by atoms with Gasteiger partial charge >= 0.3 is 5.97 Å². The number of carboxylic acid groups (broad SMARTS) is 1. The third-order valence-corrected chi connectivity index (χ3v) is 4.66. The number of carboxylic acids is 1. The lowest BCUT2D eigenvalue weighted by Gasteiger charge is -2.09. The molecule has 0 aliphatic heterocycles. The zero-order valence-electron chi connectivity index (χ0n) is 14.4. The highest BCUT2D eigenvalue weighted by Gasteiger charge is 2.10. The van der Waals surface area contributed by atoms with E-state index in [1.807, 2.05) is 6.07 Å². The Labute approximate surface area is 139 Å². The summed E-state index contributed by atoms with van der Waals surface area (Å²) in [6.45, 7) is 4.50. The number of aromatic nitrogens is 1. The van der Waals surface area contributed by atoms with Crippen molar-refractivity contribution in [1.82, 2.24) is 4.98 Å². The SMILES string of the molecule is CCCCCCCCCC(C)c1cc2ccc(C(=O)O)cc2[nH]1. The molecule has 0 bridgehead atoms. The van der Waals surface area contributed by atoms with E-state index in [-0.39, 0.29) is 0 Å². The molecule has 1 unspecified atom stereocenters. The maximum atomic E-state index is 11.0. The number of benzene rings is 1. The van der Waals surface area contributed by atoms with Crippen LogP contribution >= 0.6 is 0 Å². The average molecular weight is 315 g/mol. The quantitative estimate of drug-likeness (QED) is 0.520. The summed E-state index contributed by atoms with van der Waals surface area (Å²) < 4.78 is 0. The second-order valence-electron chi connectivity index (χ2n) is 6.64. The van der Waals surface area contributed by atoms with Gasteiger partial charge in [0.05, 0.1) is 5.56 Å². The van der Waals surface area contributed by atoms with Gasteiger partial charge in [-0.05, 0) is 35.9 Å². The van der Waals surface area contributed by atoms with E-state index in [1.165, 1.54) is 57.1 Å². The number of carbonyl (C=O) groups is 1. The topological polar surface area (TPSA) is 53.1 Å². The fourth-order valence-corrected chi connectivity index (χ4v) is 3.11. The van der Waals surface area contributed by atoms with Crippen molar-refractivity contribution in [2.24, 2.45) is 0 Å². The molecule has 2 N–H and O–H groups in total. The van der Waals surface area contributed by atoms with Crippen LogP contribution in [0.25, 0.3) is 10.9 Å². The first-order valence-electron chi connectivity index (χ1n) is 8.97. The van der Waals surface area contributed by atoms with E-state index in [4.69, 9.17) is 5.11 Å². The Morgan fingerprint density at radius 3 is 2.48 bits per heavy atom. The highest BCUT2D eigenvalue weighted by molar-refractivity contribution is 5.93. The molecule has 0 radical (unpaired) electrons. The maximum absolute atomic E-state index is 11.0.